The fourth-order valence-electron chi connectivity index (χ4n) is 2.37. The molecule has 6 heteroatoms. The lowest BCUT2D eigenvalue weighted by Crippen LogP contribution is -2.05. The molecule has 0 radical (unpaired) electrons. The van der Waals surface area contributed by atoms with Gasteiger partial charge in [-0.05, 0) is 36.8 Å². The van der Waals surface area contributed by atoms with Crippen LogP contribution >= 0.6 is 11.8 Å². The molecule has 1 aliphatic rings. The molecule has 3 aromatic rings. The predicted octanol–water partition coefficient (Wildman–Crippen LogP) is 4.00. The van der Waals surface area contributed by atoms with E-state index >= 15 is 0 Å². The molecule has 2 N–H and O–H groups in total. The molecule has 0 fully saturated rings. The topological polar surface area (TPSA) is 62.7 Å². The summed E-state index contributed by atoms with van der Waals surface area (Å²) in [7, 11) is 0. The Balaban J connectivity index is 1.51. The molecule has 0 atom stereocenters. The van der Waals surface area contributed by atoms with Gasteiger partial charge in [0.15, 0.2) is 5.82 Å². The van der Waals surface area contributed by atoms with Gasteiger partial charge in [-0.1, -0.05) is 17.8 Å². The van der Waals surface area contributed by atoms with Gasteiger partial charge in [-0.15, -0.1) is 0 Å². The molecule has 23 heavy (non-hydrogen) atoms. The summed E-state index contributed by atoms with van der Waals surface area (Å²) in [6, 6.07) is 10.4. The average Bonchev–Trinajstić information content (AvgIpc) is 2.59. The largest absolute Gasteiger partial charge is 0.380 e. The van der Waals surface area contributed by atoms with Crippen LogP contribution in [0, 0.1) is 6.92 Å². The lowest BCUT2D eigenvalue weighted by Gasteiger charge is -2.19. The minimum atomic E-state index is 0.748. The minimum Gasteiger partial charge on any atom is -0.380 e. The number of aromatic nitrogens is 3. The Kier molecular flexibility index (Phi) is 3.59. The van der Waals surface area contributed by atoms with Gasteiger partial charge >= 0.3 is 0 Å². The first-order valence-electron chi connectivity index (χ1n) is 7.33. The molecule has 4 rings (SSSR count). The highest BCUT2D eigenvalue weighted by molar-refractivity contribution is 7.99. The van der Waals surface area contributed by atoms with Crippen molar-refractivity contribution in [2.45, 2.75) is 23.4 Å². The molecule has 114 valence electrons. The van der Waals surface area contributed by atoms with E-state index in [0.29, 0.717) is 0 Å². The van der Waals surface area contributed by atoms with E-state index in [2.05, 4.69) is 43.8 Å². The summed E-state index contributed by atoms with van der Waals surface area (Å²) in [5.74, 6) is 0.817. The number of rotatable bonds is 3. The maximum Gasteiger partial charge on any atom is 0.163 e. The Morgan fingerprint density at radius 1 is 1.09 bits per heavy atom. The molecule has 0 amide bonds. The van der Waals surface area contributed by atoms with Gasteiger partial charge in [0.1, 0.15) is 5.03 Å². The van der Waals surface area contributed by atoms with E-state index in [1.54, 1.807) is 24.2 Å². The first-order valence-corrected chi connectivity index (χ1v) is 8.15. The van der Waals surface area contributed by atoms with E-state index in [1.165, 1.54) is 10.5 Å². The number of hydrogen-bond donors (Lipinski definition) is 2. The van der Waals surface area contributed by atoms with Crippen molar-refractivity contribution in [2.75, 3.05) is 10.6 Å². The van der Waals surface area contributed by atoms with Crippen molar-refractivity contribution >= 4 is 29.0 Å². The number of anilines is 3. The molecule has 0 bridgehead atoms. The number of aryl methyl sites for hydroxylation is 1. The molecule has 1 aliphatic heterocycles. The first-order chi connectivity index (χ1) is 11.3. The predicted molar refractivity (Wildman–Crippen MR) is 92.2 cm³/mol. The summed E-state index contributed by atoms with van der Waals surface area (Å²) in [5.41, 5.74) is 4.31. The number of benzene rings is 1. The molecule has 0 saturated carbocycles. The third-order valence-electron chi connectivity index (χ3n) is 3.58. The second-order valence-electron chi connectivity index (χ2n) is 5.31. The van der Waals surface area contributed by atoms with Gasteiger partial charge in [0.25, 0.3) is 0 Å². The highest BCUT2D eigenvalue weighted by Gasteiger charge is 2.17. The number of hydrogen-bond acceptors (Lipinski definition) is 6. The second kappa shape index (κ2) is 5.89. The van der Waals surface area contributed by atoms with E-state index in [-0.39, 0.29) is 0 Å². The second-order valence-corrected chi connectivity index (χ2v) is 6.34. The summed E-state index contributed by atoms with van der Waals surface area (Å²) in [6.45, 7) is 2.73. The van der Waals surface area contributed by atoms with Gasteiger partial charge in [0, 0.05) is 29.5 Å². The van der Waals surface area contributed by atoms with E-state index in [4.69, 9.17) is 0 Å². The van der Waals surface area contributed by atoms with Gasteiger partial charge in [-0.3, -0.25) is 4.98 Å². The number of nitrogens with zero attached hydrogens (tertiary/aromatic N) is 3. The lowest BCUT2D eigenvalue weighted by molar-refractivity contribution is 1.04. The van der Waals surface area contributed by atoms with Crippen LogP contribution in [0.3, 0.4) is 0 Å². The number of fused-ring (bicyclic) bond motifs is 2. The SMILES string of the molecule is Cc1ccc(NCc2ccc3c(c2)Nc2nccnc2S3)cn1. The summed E-state index contributed by atoms with van der Waals surface area (Å²) in [5, 5.41) is 7.65. The van der Waals surface area contributed by atoms with Gasteiger partial charge in [0.05, 0.1) is 17.6 Å². The molecule has 2 aromatic heterocycles. The minimum absolute atomic E-state index is 0.748. The normalized spacial score (nSPS) is 12.0. The highest BCUT2D eigenvalue weighted by atomic mass is 32.2. The van der Waals surface area contributed by atoms with Gasteiger partial charge in [0.2, 0.25) is 0 Å². The van der Waals surface area contributed by atoms with Crippen LogP contribution in [0.5, 0.6) is 0 Å². The van der Waals surface area contributed by atoms with E-state index in [0.717, 1.165) is 34.5 Å². The van der Waals surface area contributed by atoms with Crippen molar-refractivity contribution in [1.29, 1.82) is 0 Å². The van der Waals surface area contributed by atoms with E-state index in [9.17, 15) is 0 Å². The third kappa shape index (κ3) is 2.98. The smallest absolute Gasteiger partial charge is 0.163 e. The maximum absolute atomic E-state index is 4.34. The Morgan fingerprint density at radius 2 is 2.00 bits per heavy atom. The Bertz CT molecular complexity index is 848. The Labute approximate surface area is 138 Å². The fourth-order valence-corrected chi connectivity index (χ4v) is 3.25. The molecule has 0 aliphatic carbocycles. The Morgan fingerprint density at radius 3 is 2.87 bits per heavy atom. The zero-order valence-corrected chi connectivity index (χ0v) is 13.4. The van der Waals surface area contributed by atoms with Crippen molar-refractivity contribution in [3.63, 3.8) is 0 Å². The first kappa shape index (κ1) is 14.0. The van der Waals surface area contributed by atoms with Crippen LogP contribution in [0.2, 0.25) is 0 Å². The molecular weight excluding hydrogens is 306 g/mol. The molecule has 5 nitrogen and oxygen atoms in total. The van der Waals surface area contributed by atoms with Crippen molar-refractivity contribution in [2.24, 2.45) is 0 Å². The van der Waals surface area contributed by atoms with Crippen molar-refractivity contribution in [3.05, 3.63) is 60.2 Å². The number of nitrogens with one attached hydrogen (secondary N) is 2. The van der Waals surface area contributed by atoms with Crippen LogP contribution in [0.1, 0.15) is 11.3 Å². The summed E-state index contributed by atoms with van der Waals surface area (Å²) in [6.07, 6.45) is 5.27. The van der Waals surface area contributed by atoms with Crippen LogP contribution < -0.4 is 10.6 Å². The molecule has 0 spiro atoms. The number of pyridine rings is 1. The molecule has 0 saturated heterocycles. The zero-order valence-electron chi connectivity index (χ0n) is 12.6. The van der Waals surface area contributed by atoms with Crippen LogP contribution in [0.25, 0.3) is 0 Å². The highest BCUT2D eigenvalue weighted by Crippen LogP contribution is 2.41. The monoisotopic (exact) mass is 321 g/mol. The van der Waals surface area contributed by atoms with Crippen molar-refractivity contribution < 1.29 is 0 Å². The summed E-state index contributed by atoms with van der Waals surface area (Å²) in [4.78, 5) is 14.1. The van der Waals surface area contributed by atoms with Gasteiger partial charge < -0.3 is 10.6 Å². The van der Waals surface area contributed by atoms with Gasteiger partial charge in [-0.2, -0.15) is 0 Å². The van der Waals surface area contributed by atoms with Crippen molar-refractivity contribution in [1.82, 2.24) is 15.0 Å². The maximum atomic E-state index is 4.34. The van der Waals surface area contributed by atoms with E-state index in [1.807, 2.05) is 25.3 Å². The average molecular weight is 321 g/mol. The zero-order chi connectivity index (χ0) is 15.6. The Hall–Kier alpha value is -2.60. The van der Waals surface area contributed by atoms with Crippen LogP contribution in [0.4, 0.5) is 17.2 Å². The van der Waals surface area contributed by atoms with Crippen LogP contribution in [-0.4, -0.2) is 15.0 Å². The van der Waals surface area contributed by atoms with Crippen LogP contribution in [0.15, 0.2) is 58.8 Å². The molecule has 0 unspecified atom stereocenters. The lowest BCUT2D eigenvalue weighted by atomic mass is 10.2. The summed E-state index contributed by atoms with van der Waals surface area (Å²) >= 11 is 1.64. The standard InChI is InChI=1S/C17H15N5S/c1-11-2-4-13(10-20-11)21-9-12-3-5-15-14(8-12)22-16-17(23-15)19-7-6-18-16/h2-8,10,21H,9H2,1H3,(H,18,22). The van der Waals surface area contributed by atoms with Gasteiger partial charge in [-0.25, -0.2) is 9.97 Å². The molecule has 1 aromatic carbocycles. The molecule has 3 heterocycles. The summed E-state index contributed by atoms with van der Waals surface area (Å²) < 4.78 is 0. The fraction of sp³-hybridized carbons (Fsp3) is 0.118. The third-order valence-corrected chi connectivity index (χ3v) is 4.64. The molecular formula is C17H15N5S. The quantitative estimate of drug-likeness (QED) is 0.595. The van der Waals surface area contributed by atoms with Crippen molar-refractivity contribution in [3.8, 4) is 0 Å². The van der Waals surface area contributed by atoms with Crippen LogP contribution in [-0.2, 0) is 6.54 Å². The van der Waals surface area contributed by atoms with E-state index < -0.39 is 0 Å².